The number of hydrogen-bond donors (Lipinski definition) is 2. The molecule has 0 bridgehead atoms. The molecule has 0 amide bonds. The molecule has 5 nitrogen and oxygen atoms in total. The summed E-state index contributed by atoms with van der Waals surface area (Å²) in [5.41, 5.74) is 0.119. The van der Waals surface area contributed by atoms with Gasteiger partial charge in [-0.25, -0.2) is 4.79 Å². The fourth-order valence-corrected chi connectivity index (χ4v) is 1.43. The van der Waals surface area contributed by atoms with Crippen molar-refractivity contribution >= 4 is 17.7 Å². The summed E-state index contributed by atoms with van der Waals surface area (Å²) in [4.78, 5) is 10.6. The Kier molecular flexibility index (Phi) is 3.66. The molecule has 1 aromatic rings. The minimum atomic E-state index is -1.03. The maximum Gasteiger partial charge on any atom is 0.338 e. The van der Waals surface area contributed by atoms with E-state index in [-0.39, 0.29) is 12.2 Å². The van der Waals surface area contributed by atoms with Crippen LogP contribution in [-0.4, -0.2) is 38.7 Å². The molecule has 13 heavy (non-hydrogen) atoms. The van der Waals surface area contributed by atoms with Gasteiger partial charge < -0.3 is 10.2 Å². The fourth-order valence-electron chi connectivity index (χ4n) is 0.730. The zero-order chi connectivity index (χ0) is 9.68. The van der Waals surface area contributed by atoms with Crippen LogP contribution in [0.15, 0.2) is 17.3 Å². The summed E-state index contributed by atoms with van der Waals surface area (Å²) in [7, 11) is 0. The maximum absolute atomic E-state index is 10.6. The summed E-state index contributed by atoms with van der Waals surface area (Å²) in [5, 5.41) is 24.8. The third kappa shape index (κ3) is 2.67. The van der Waals surface area contributed by atoms with Gasteiger partial charge in [-0.1, -0.05) is 0 Å². The lowest BCUT2D eigenvalue weighted by molar-refractivity contribution is 0.0692. The van der Waals surface area contributed by atoms with Crippen molar-refractivity contribution in [2.24, 2.45) is 0 Å². The fraction of sp³-hybridized carbons (Fsp3) is 0.286. The third-order valence-corrected chi connectivity index (χ3v) is 2.21. The molecule has 0 aliphatic heterocycles. The second-order valence-electron chi connectivity index (χ2n) is 2.13. The van der Waals surface area contributed by atoms with Crippen LogP contribution in [-0.2, 0) is 0 Å². The average Bonchev–Trinajstić information content (AvgIpc) is 2.15. The highest BCUT2D eigenvalue weighted by molar-refractivity contribution is 7.99. The van der Waals surface area contributed by atoms with Crippen molar-refractivity contribution in [2.45, 2.75) is 5.03 Å². The second kappa shape index (κ2) is 4.78. The van der Waals surface area contributed by atoms with Gasteiger partial charge in [0.25, 0.3) is 0 Å². The van der Waals surface area contributed by atoms with Crippen molar-refractivity contribution in [2.75, 3.05) is 12.4 Å². The van der Waals surface area contributed by atoms with E-state index in [4.69, 9.17) is 10.2 Å². The molecule has 0 radical (unpaired) electrons. The Balaban J connectivity index is 2.84. The number of hydrogen-bond acceptors (Lipinski definition) is 5. The molecule has 0 atom stereocenters. The molecule has 0 saturated carbocycles. The Morgan fingerprint density at radius 2 is 2.38 bits per heavy atom. The predicted molar refractivity (Wildman–Crippen MR) is 46.8 cm³/mol. The van der Waals surface area contributed by atoms with Crippen LogP contribution in [0, 0.1) is 0 Å². The van der Waals surface area contributed by atoms with Crippen LogP contribution in [0.25, 0.3) is 0 Å². The van der Waals surface area contributed by atoms with E-state index in [1.54, 1.807) is 0 Å². The van der Waals surface area contributed by atoms with Crippen molar-refractivity contribution in [3.05, 3.63) is 17.8 Å². The molecule has 0 aromatic carbocycles. The summed E-state index contributed by atoms with van der Waals surface area (Å²) in [6.45, 7) is -0.0136. The molecule has 1 rings (SSSR count). The molecular formula is C7H8N2O3S. The molecule has 0 saturated heterocycles. The Morgan fingerprint density at radius 3 is 3.00 bits per heavy atom. The SMILES string of the molecule is O=C(O)c1ccnnc1SCCO. The van der Waals surface area contributed by atoms with Gasteiger partial charge in [-0.2, -0.15) is 5.10 Å². The largest absolute Gasteiger partial charge is 0.478 e. The number of thioether (sulfide) groups is 1. The molecule has 6 heteroatoms. The summed E-state index contributed by atoms with van der Waals surface area (Å²) >= 11 is 1.17. The van der Waals surface area contributed by atoms with Gasteiger partial charge in [0.2, 0.25) is 0 Å². The van der Waals surface area contributed by atoms with Gasteiger partial charge in [0.15, 0.2) is 0 Å². The minimum absolute atomic E-state index is 0.0136. The second-order valence-corrected chi connectivity index (χ2v) is 3.21. The lowest BCUT2D eigenvalue weighted by atomic mass is 10.3. The zero-order valence-electron chi connectivity index (χ0n) is 6.67. The van der Waals surface area contributed by atoms with E-state index in [1.165, 1.54) is 24.0 Å². The number of carboxylic acids is 1. The number of nitrogens with zero attached hydrogens (tertiary/aromatic N) is 2. The average molecular weight is 200 g/mol. The van der Waals surface area contributed by atoms with E-state index in [9.17, 15) is 4.79 Å². The van der Waals surface area contributed by atoms with Crippen molar-refractivity contribution in [3.63, 3.8) is 0 Å². The van der Waals surface area contributed by atoms with Crippen LogP contribution >= 0.6 is 11.8 Å². The first-order chi connectivity index (χ1) is 6.25. The molecule has 0 aliphatic rings. The van der Waals surface area contributed by atoms with Crippen LogP contribution in [0.3, 0.4) is 0 Å². The number of aromatic carboxylic acids is 1. The number of carbonyl (C=O) groups is 1. The lowest BCUT2D eigenvalue weighted by Crippen LogP contribution is -2.02. The highest BCUT2D eigenvalue weighted by atomic mass is 32.2. The Hall–Kier alpha value is -1.14. The molecule has 1 aromatic heterocycles. The summed E-state index contributed by atoms with van der Waals surface area (Å²) in [6, 6.07) is 1.38. The van der Waals surface area contributed by atoms with Gasteiger partial charge >= 0.3 is 5.97 Å². The molecule has 1 heterocycles. The normalized spacial score (nSPS) is 9.92. The Labute approximate surface area is 78.8 Å². The third-order valence-electron chi connectivity index (χ3n) is 1.25. The number of aliphatic hydroxyl groups excluding tert-OH is 1. The van der Waals surface area contributed by atoms with E-state index < -0.39 is 5.97 Å². The van der Waals surface area contributed by atoms with Crippen LogP contribution in [0.5, 0.6) is 0 Å². The zero-order valence-corrected chi connectivity index (χ0v) is 7.49. The van der Waals surface area contributed by atoms with Crippen molar-refractivity contribution in [1.82, 2.24) is 10.2 Å². The first-order valence-corrected chi connectivity index (χ1v) is 4.53. The van der Waals surface area contributed by atoms with Crippen LogP contribution < -0.4 is 0 Å². The van der Waals surface area contributed by atoms with E-state index in [1.807, 2.05) is 0 Å². The predicted octanol–water partition coefficient (Wildman–Crippen LogP) is 0.259. The van der Waals surface area contributed by atoms with Crippen LogP contribution in [0.1, 0.15) is 10.4 Å². The smallest absolute Gasteiger partial charge is 0.338 e. The highest BCUT2D eigenvalue weighted by Gasteiger charge is 2.10. The van der Waals surface area contributed by atoms with E-state index in [0.29, 0.717) is 10.8 Å². The number of carboxylic acid groups (broad SMARTS) is 1. The Morgan fingerprint density at radius 1 is 1.62 bits per heavy atom. The topological polar surface area (TPSA) is 83.3 Å². The Bertz CT molecular complexity index is 306. The lowest BCUT2D eigenvalue weighted by Gasteiger charge is -2.00. The van der Waals surface area contributed by atoms with E-state index in [0.717, 1.165) is 0 Å². The van der Waals surface area contributed by atoms with E-state index in [2.05, 4.69) is 10.2 Å². The quantitative estimate of drug-likeness (QED) is 0.678. The van der Waals surface area contributed by atoms with Gasteiger partial charge in [-0.05, 0) is 6.07 Å². The summed E-state index contributed by atoms with van der Waals surface area (Å²) in [6.07, 6.45) is 1.33. The van der Waals surface area contributed by atoms with Gasteiger partial charge in [-0.15, -0.1) is 16.9 Å². The molecular weight excluding hydrogens is 192 g/mol. The van der Waals surface area contributed by atoms with Crippen LogP contribution in [0.4, 0.5) is 0 Å². The summed E-state index contributed by atoms with van der Waals surface area (Å²) in [5.74, 6) is -0.616. The van der Waals surface area contributed by atoms with E-state index >= 15 is 0 Å². The molecule has 0 fully saturated rings. The number of rotatable bonds is 4. The molecule has 0 aliphatic carbocycles. The van der Waals surface area contributed by atoms with Gasteiger partial charge in [0, 0.05) is 5.75 Å². The van der Waals surface area contributed by atoms with Gasteiger partial charge in [0.1, 0.15) is 5.03 Å². The first-order valence-electron chi connectivity index (χ1n) is 3.54. The summed E-state index contributed by atoms with van der Waals surface area (Å²) < 4.78 is 0. The van der Waals surface area contributed by atoms with Crippen molar-refractivity contribution < 1.29 is 15.0 Å². The van der Waals surface area contributed by atoms with Gasteiger partial charge in [0.05, 0.1) is 18.4 Å². The maximum atomic E-state index is 10.6. The van der Waals surface area contributed by atoms with Crippen molar-refractivity contribution in [3.8, 4) is 0 Å². The number of aromatic nitrogens is 2. The van der Waals surface area contributed by atoms with Crippen molar-refractivity contribution in [1.29, 1.82) is 0 Å². The van der Waals surface area contributed by atoms with Gasteiger partial charge in [-0.3, -0.25) is 0 Å². The molecule has 2 N–H and O–H groups in total. The minimum Gasteiger partial charge on any atom is -0.478 e. The molecule has 70 valence electrons. The standard InChI is InChI=1S/C7H8N2O3S/c10-3-4-13-6-5(7(11)12)1-2-8-9-6/h1-2,10H,3-4H2,(H,11,12). The molecule has 0 spiro atoms. The number of aliphatic hydroxyl groups is 1. The highest BCUT2D eigenvalue weighted by Crippen LogP contribution is 2.18. The monoisotopic (exact) mass is 200 g/mol. The van der Waals surface area contributed by atoms with Crippen LogP contribution in [0.2, 0.25) is 0 Å². The first kappa shape index (κ1) is 9.94. The molecule has 0 unspecified atom stereocenters.